The Morgan fingerprint density at radius 2 is 1.62 bits per heavy atom. The van der Waals surface area contributed by atoms with E-state index in [4.69, 9.17) is 11.6 Å². The Balaban J connectivity index is 2.53. The zero-order valence-electron chi connectivity index (χ0n) is 5.33. The molecule has 2 heteroatoms. The molecular formula is C6H12ClZn. The van der Waals surface area contributed by atoms with Crippen LogP contribution in [0.5, 0.6) is 0 Å². The van der Waals surface area contributed by atoms with Crippen molar-refractivity contribution in [2.24, 2.45) is 0 Å². The molecule has 0 saturated heterocycles. The van der Waals surface area contributed by atoms with Gasteiger partial charge in [-0.05, 0) is 0 Å². The van der Waals surface area contributed by atoms with Gasteiger partial charge in [-0.25, -0.2) is 0 Å². The van der Waals surface area contributed by atoms with Gasteiger partial charge in [0.2, 0.25) is 0 Å². The van der Waals surface area contributed by atoms with Crippen molar-refractivity contribution in [2.45, 2.75) is 30.7 Å². The first-order valence-corrected chi connectivity index (χ1v) is 5.90. The third-order valence-electron chi connectivity index (χ3n) is 1.13. The van der Waals surface area contributed by atoms with E-state index in [1.165, 1.54) is 49.0 Å². The van der Waals surface area contributed by atoms with Crippen LogP contribution in [0.4, 0.5) is 0 Å². The van der Waals surface area contributed by atoms with E-state index >= 15 is 0 Å². The maximum atomic E-state index is 5.49. The second-order valence-electron chi connectivity index (χ2n) is 1.96. The van der Waals surface area contributed by atoms with E-state index in [1.807, 2.05) is 0 Å². The summed E-state index contributed by atoms with van der Waals surface area (Å²) in [7, 11) is 0. The van der Waals surface area contributed by atoms with E-state index < -0.39 is 0 Å². The summed E-state index contributed by atoms with van der Waals surface area (Å²) in [5.41, 5.74) is 0. The molecule has 0 aliphatic heterocycles. The molecule has 0 nitrogen and oxygen atoms in total. The first-order chi connectivity index (χ1) is 3.91. The van der Waals surface area contributed by atoms with Crippen LogP contribution in [0.3, 0.4) is 0 Å². The fourth-order valence-electron chi connectivity index (χ4n) is 0.625. The van der Waals surface area contributed by atoms with Gasteiger partial charge in [-0.2, -0.15) is 0 Å². The fourth-order valence-corrected chi connectivity index (χ4v) is 1.56. The van der Waals surface area contributed by atoms with Crippen LogP contribution < -0.4 is 0 Å². The molecule has 0 aromatic heterocycles. The first kappa shape index (κ1) is 8.91. The summed E-state index contributed by atoms with van der Waals surface area (Å²) in [6.07, 6.45) is 5.37. The summed E-state index contributed by atoms with van der Waals surface area (Å²) in [6.45, 7) is 0. The number of halogens is 1. The third-order valence-corrected chi connectivity index (χ3v) is 2.45. The Hall–Kier alpha value is 0.913. The summed E-state index contributed by atoms with van der Waals surface area (Å²) >= 11 is 6.95. The average molecular weight is 185 g/mol. The summed E-state index contributed by atoms with van der Waals surface area (Å²) in [5, 5.41) is 1.45. The minimum atomic E-state index is 0.847. The van der Waals surface area contributed by atoms with Gasteiger partial charge >= 0.3 is 66.5 Å². The van der Waals surface area contributed by atoms with Gasteiger partial charge in [0.25, 0.3) is 0 Å². The number of hydrogen-bond donors (Lipinski definition) is 0. The summed E-state index contributed by atoms with van der Waals surface area (Å²) in [6, 6.07) is 0. The molecule has 0 rings (SSSR count). The molecular weight excluding hydrogens is 173 g/mol. The Morgan fingerprint density at radius 1 is 1.00 bits per heavy atom. The molecule has 8 heavy (non-hydrogen) atoms. The van der Waals surface area contributed by atoms with Crippen molar-refractivity contribution in [1.29, 1.82) is 0 Å². The van der Waals surface area contributed by atoms with Crippen LogP contribution in [-0.2, 0) is 18.3 Å². The van der Waals surface area contributed by atoms with Gasteiger partial charge in [0, 0.05) is 0 Å². The van der Waals surface area contributed by atoms with Crippen LogP contribution >= 0.6 is 11.6 Å². The van der Waals surface area contributed by atoms with Crippen molar-refractivity contribution in [3.8, 4) is 0 Å². The Labute approximate surface area is 66.7 Å². The molecule has 0 spiro atoms. The van der Waals surface area contributed by atoms with Crippen LogP contribution in [0.2, 0.25) is 5.02 Å². The van der Waals surface area contributed by atoms with Gasteiger partial charge < -0.3 is 0 Å². The monoisotopic (exact) mass is 183 g/mol. The van der Waals surface area contributed by atoms with Crippen LogP contribution in [-0.4, -0.2) is 5.88 Å². The topological polar surface area (TPSA) is 0 Å². The molecule has 0 radical (unpaired) electrons. The average Bonchev–Trinajstić information content (AvgIpc) is 1.81. The molecule has 0 unspecified atom stereocenters. The van der Waals surface area contributed by atoms with E-state index in [0.717, 1.165) is 5.88 Å². The van der Waals surface area contributed by atoms with Gasteiger partial charge in [-0.1, -0.05) is 0 Å². The van der Waals surface area contributed by atoms with Crippen molar-refractivity contribution in [1.82, 2.24) is 0 Å². The molecule has 45 valence electrons. The second kappa shape index (κ2) is 7.91. The molecule has 0 fully saturated rings. The number of hydrogen-bond acceptors (Lipinski definition) is 0. The van der Waals surface area contributed by atoms with Gasteiger partial charge in [-0.15, -0.1) is 0 Å². The SMILES string of the molecule is ClCCCCC[CH2][Zn]. The molecule has 0 heterocycles. The molecule has 0 saturated carbocycles. The first-order valence-electron chi connectivity index (χ1n) is 3.27. The summed E-state index contributed by atoms with van der Waals surface area (Å²) < 4.78 is 0. The number of alkyl halides is 1. The molecule has 0 aliphatic carbocycles. The quantitative estimate of drug-likeness (QED) is 0.351. The minimum absolute atomic E-state index is 0.847. The molecule has 0 N–H and O–H groups in total. The molecule has 0 aliphatic rings. The predicted octanol–water partition coefficient (Wildman–Crippen LogP) is 2.75. The van der Waals surface area contributed by atoms with Crippen LogP contribution in [0.25, 0.3) is 0 Å². The number of rotatable bonds is 5. The fraction of sp³-hybridized carbons (Fsp3) is 1.00. The Morgan fingerprint density at radius 3 is 2.12 bits per heavy atom. The summed E-state index contributed by atoms with van der Waals surface area (Å²) in [4.78, 5) is 0. The molecule has 0 atom stereocenters. The molecule has 0 aromatic carbocycles. The predicted molar refractivity (Wildman–Crippen MR) is 34.0 cm³/mol. The van der Waals surface area contributed by atoms with Gasteiger partial charge in [0.05, 0.1) is 0 Å². The number of unbranched alkanes of at least 4 members (excludes halogenated alkanes) is 3. The van der Waals surface area contributed by atoms with Crippen LogP contribution in [0.1, 0.15) is 25.7 Å². The third kappa shape index (κ3) is 6.91. The van der Waals surface area contributed by atoms with Crippen molar-refractivity contribution >= 4 is 11.6 Å². The Bertz CT molecular complexity index is 33.5. The van der Waals surface area contributed by atoms with E-state index in [1.54, 1.807) is 0 Å². The zero-order chi connectivity index (χ0) is 6.24. The summed E-state index contributed by atoms with van der Waals surface area (Å²) in [5.74, 6) is 0.847. The van der Waals surface area contributed by atoms with Crippen molar-refractivity contribution in [3.63, 3.8) is 0 Å². The van der Waals surface area contributed by atoms with Crippen molar-refractivity contribution in [3.05, 3.63) is 0 Å². The van der Waals surface area contributed by atoms with Gasteiger partial charge in [0.15, 0.2) is 0 Å². The van der Waals surface area contributed by atoms with E-state index in [9.17, 15) is 0 Å². The molecule has 0 amide bonds. The molecule has 0 bridgehead atoms. The standard InChI is InChI=1S/C6H12Cl.Zn/c1-2-3-4-5-6-7;/h1-6H2;. The van der Waals surface area contributed by atoms with Crippen LogP contribution in [0, 0.1) is 0 Å². The van der Waals surface area contributed by atoms with Gasteiger partial charge in [0.1, 0.15) is 0 Å². The van der Waals surface area contributed by atoms with E-state index in [2.05, 4.69) is 0 Å². The van der Waals surface area contributed by atoms with Crippen molar-refractivity contribution in [2.75, 3.05) is 5.88 Å². The Kier molecular flexibility index (Phi) is 8.82. The second-order valence-corrected chi connectivity index (χ2v) is 3.82. The van der Waals surface area contributed by atoms with Gasteiger partial charge in [-0.3, -0.25) is 0 Å². The zero-order valence-corrected chi connectivity index (χ0v) is 9.05. The van der Waals surface area contributed by atoms with E-state index in [0.29, 0.717) is 0 Å². The molecule has 0 aromatic rings. The van der Waals surface area contributed by atoms with Crippen LogP contribution in [0.15, 0.2) is 0 Å². The van der Waals surface area contributed by atoms with E-state index in [-0.39, 0.29) is 0 Å². The normalized spacial score (nSPS) is 9.88. The maximum absolute atomic E-state index is 5.49. The van der Waals surface area contributed by atoms with Crippen molar-refractivity contribution < 1.29 is 18.3 Å².